The molecule has 0 saturated heterocycles. The zero-order valence-electron chi connectivity index (χ0n) is 9.55. The largest absolute Gasteiger partial charge is 0.370 e. The number of nitro groups is 1. The van der Waals surface area contributed by atoms with Crippen LogP contribution >= 0.6 is 15.9 Å². The molecular weight excluding hydrogens is 288 g/mol. The molecule has 0 saturated carbocycles. The molecule has 0 aliphatic rings. The summed E-state index contributed by atoms with van der Waals surface area (Å²) >= 11 is 3.33. The number of hydrogen-bond donors (Lipinski definition) is 1. The third-order valence-corrected chi connectivity index (χ3v) is 2.51. The first-order valence-electron chi connectivity index (χ1n) is 4.86. The second-order valence-electron chi connectivity index (χ2n) is 3.42. The Bertz CT molecular complexity index is 436. The molecule has 92 valence electrons. The molecule has 1 aromatic heterocycles. The topological polar surface area (TPSA) is 71.3 Å². The minimum atomic E-state index is -0.485. The summed E-state index contributed by atoms with van der Waals surface area (Å²) in [5.41, 5.74) is 0.964. The van der Waals surface area contributed by atoms with E-state index >= 15 is 0 Å². The molecule has 0 bridgehead atoms. The van der Waals surface area contributed by atoms with Crippen LogP contribution in [-0.2, 0) is 6.54 Å². The van der Waals surface area contributed by atoms with Crippen molar-refractivity contribution in [2.24, 2.45) is 0 Å². The Morgan fingerprint density at radius 1 is 1.71 bits per heavy atom. The molecule has 6 nitrogen and oxygen atoms in total. The van der Waals surface area contributed by atoms with Gasteiger partial charge in [-0.2, -0.15) is 0 Å². The third-order valence-electron chi connectivity index (χ3n) is 2.08. The quantitative estimate of drug-likeness (QED) is 0.660. The van der Waals surface area contributed by atoms with Crippen LogP contribution in [0.3, 0.4) is 0 Å². The lowest BCUT2D eigenvalue weighted by Crippen LogP contribution is -2.26. The van der Waals surface area contributed by atoms with Crippen LogP contribution in [0.25, 0.3) is 0 Å². The van der Waals surface area contributed by atoms with E-state index in [1.54, 1.807) is 31.4 Å². The number of hydrogen-bond acceptors (Lipinski definition) is 5. The summed E-state index contributed by atoms with van der Waals surface area (Å²) in [6.45, 7) is 0.535. The van der Waals surface area contributed by atoms with Crippen molar-refractivity contribution in [2.75, 3.05) is 14.1 Å². The van der Waals surface area contributed by atoms with Gasteiger partial charge in [0, 0.05) is 37.5 Å². The average Bonchev–Trinajstić information content (AvgIpc) is 2.25. The van der Waals surface area contributed by atoms with E-state index in [1.807, 2.05) is 6.07 Å². The van der Waals surface area contributed by atoms with Gasteiger partial charge in [0.15, 0.2) is 5.82 Å². The van der Waals surface area contributed by atoms with Gasteiger partial charge in [0.2, 0.25) is 0 Å². The molecule has 1 heterocycles. The molecule has 0 unspecified atom stereocenters. The van der Waals surface area contributed by atoms with Gasteiger partial charge in [-0.3, -0.25) is 15.1 Å². The van der Waals surface area contributed by atoms with Crippen molar-refractivity contribution in [3.63, 3.8) is 0 Å². The van der Waals surface area contributed by atoms with E-state index in [9.17, 15) is 10.1 Å². The summed E-state index contributed by atoms with van der Waals surface area (Å²) in [5, 5.41) is 13.2. The number of halogens is 1. The Balaban J connectivity index is 2.77. The molecule has 0 radical (unpaired) electrons. The van der Waals surface area contributed by atoms with Crippen LogP contribution in [0.5, 0.6) is 0 Å². The zero-order valence-corrected chi connectivity index (χ0v) is 11.1. The Morgan fingerprint density at radius 2 is 2.41 bits per heavy atom. The van der Waals surface area contributed by atoms with Crippen molar-refractivity contribution in [1.82, 2.24) is 15.2 Å². The van der Waals surface area contributed by atoms with E-state index in [0.717, 1.165) is 16.2 Å². The second-order valence-corrected chi connectivity index (χ2v) is 4.33. The van der Waals surface area contributed by atoms with Crippen molar-refractivity contribution >= 4 is 15.9 Å². The molecule has 0 aliphatic carbocycles. The van der Waals surface area contributed by atoms with Gasteiger partial charge in [-0.15, -0.1) is 0 Å². The highest BCUT2D eigenvalue weighted by atomic mass is 79.9. The summed E-state index contributed by atoms with van der Waals surface area (Å²) in [5.74, 6) is 0.440. The lowest BCUT2D eigenvalue weighted by molar-refractivity contribution is -0.404. The van der Waals surface area contributed by atoms with Gasteiger partial charge < -0.3 is 10.2 Å². The van der Waals surface area contributed by atoms with Gasteiger partial charge in [0.05, 0.1) is 4.92 Å². The number of aromatic nitrogens is 1. The minimum Gasteiger partial charge on any atom is -0.370 e. The van der Waals surface area contributed by atoms with Crippen molar-refractivity contribution in [1.29, 1.82) is 0 Å². The molecule has 1 N–H and O–H groups in total. The lowest BCUT2D eigenvalue weighted by atomic mass is 10.3. The summed E-state index contributed by atoms with van der Waals surface area (Å²) in [7, 11) is 3.41. The molecule has 1 aromatic rings. The smallest absolute Gasteiger partial charge is 0.274 e. The van der Waals surface area contributed by atoms with E-state index in [4.69, 9.17) is 0 Å². The fraction of sp³-hybridized carbons (Fsp3) is 0.300. The summed E-state index contributed by atoms with van der Waals surface area (Å²) < 4.78 is 0.882. The number of nitrogens with zero attached hydrogens (tertiary/aromatic N) is 3. The molecule has 7 heteroatoms. The zero-order chi connectivity index (χ0) is 12.8. The Hall–Kier alpha value is -1.63. The monoisotopic (exact) mass is 300 g/mol. The fourth-order valence-electron chi connectivity index (χ4n) is 1.36. The molecule has 17 heavy (non-hydrogen) atoms. The van der Waals surface area contributed by atoms with Crippen LogP contribution in [0, 0.1) is 10.1 Å². The number of rotatable bonds is 5. The normalized spacial score (nSPS) is 11.1. The van der Waals surface area contributed by atoms with Gasteiger partial charge in [-0.05, 0) is 27.6 Å². The van der Waals surface area contributed by atoms with Gasteiger partial charge in [0.25, 0.3) is 6.20 Å². The Kier molecular flexibility index (Phi) is 4.89. The molecule has 0 aliphatic heterocycles. The number of pyridine rings is 1. The maximum Gasteiger partial charge on any atom is 0.274 e. The maximum atomic E-state index is 10.4. The van der Waals surface area contributed by atoms with Crippen LogP contribution in [0.2, 0.25) is 0 Å². The van der Waals surface area contributed by atoms with Crippen molar-refractivity contribution < 1.29 is 4.92 Å². The first-order chi connectivity index (χ1) is 8.02. The Labute approximate surface area is 108 Å². The fourth-order valence-corrected chi connectivity index (χ4v) is 1.77. The second kappa shape index (κ2) is 6.19. The molecule has 0 atom stereocenters. The maximum absolute atomic E-state index is 10.4. The van der Waals surface area contributed by atoms with Crippen LogP contribution < -0.4 is 5.32 Å². The SMILES string of the molecule is CNC(=C[N+](=O)[O-])N(C)Cc1cncc(Br)c1. The first kappa shape index (κ1) is 13.4. The predicted molar refractivity (Wildman–Crippen MR) is 67.5 cm³/mol. The third kappa shape index (κ3) is 4.39. The van der Waals surface area contributed by atoms with Crippen LogP contribution in [0.4, 0.5) is 0 Å². The van der Waals surface area contributed by atoms with E-state index in [-0.39, 0.29) is 0 Å². The summed E-state index contributed by atoms with van der Waals surface area (Å²) in [4.78, 5) is 15.7. The first-order valence-corrected chi connectivity index (χ1v) is 5.66. The molecular formula is C10H13BrN4O2. The molecule has 0 amide bonds. The Morgan fingerprint density at radius 3 is 2.94 bits per heavy atom. The van der Waals surface area contributed by atoms with E-state index < -0.39 is 4.92 Å². The number of nitrogens with one attached hydrogen (secondary N) is 1. The molecule has 0 aromatic carbocycles. The van der Waals surface area contributed by atoms with Crippen LogP contribution in [0.1, 0.15) is 5.56 Å². The van der Waals surface area contributed by atoms with Gasteiger partial charge in [-0.1, -0.05) is 0 Å². The highest BCUT2D eigenvalue weighted by molar-refractivity contribution is 9.10. The lowest BCUT2D eigenvalue weighted by Gasteiger charge is -2.20. The molecule has 0 fully saturated rings. The van der Waals surface area contributed by atoms with Crippen LogP contribution in [-0.4, -0.2) is 28.9 Å². The molecule has 0 spiro atoms. The standard InChI is InChI=1S/C10H13BrN4O2/c1-12-10(7-15(16)17)14(2)6-8-3-9(11)5-13-4-8/h3-5,7,12H,6H2,1-2H3. The van der Waals surface area contributed by atoms with E-state index in [0.29, 0.717) is 12.4 Å². The van der Waals surface area contributed by atoms with Gasteiger partial charge in [-0.25, -0.2) is 0 Å². The van der Waals surface area contributed by atoms with Gasteiger partial charge >= 0.3 is 0 Å². The van der Waals surface area contributed by atoms with E-state index in [1.165, 1.54) is 0 Å². The summed E-state index contributed by atoms with van der Waals surface area (Å²) in [6, 6.07) is 1.92. The van der Waals surface area contributed by atoms with Crippen molar-refractivity contribution in [2.45, 2.75) is 6.54 Å². The van der Waals surface area contributed by atoms with Crippen molar-refractivity contribution in [3.8, 4) is 0 Å². The highest BCUT2D eigenvalue weighted by Crippen LogP contribution is 2.12. The predicted octanol–water partition coefficient (Wildman–Crippen LogP) is 1.57. The molecule has 1 rings (SSSR count). The van der Waals surface area contributed by atoms with Crippen LogP contribution in [0.15, 0.2) is 35.0 Å². The minimum absolute atomic E-state index is 0.440. The van der Waals surface area contributed by atoms with Crippen molar-refractivity contribution in [3.05, 3.63) is 50.6 Å². The summed E-state index contributed by atoms with van der Waals surface area (Å²) in [6.07, 6.45) is 4.35. The average molecular weight is 301 g/mol. The van der Waals surface area contributed by atoms with E-state index in [2.05, 4.69) is 26.2 Å². The highest BCUT2D eigenvalue weighted by Gasteiger charge is 2.08. The van der Waals surface area contributed by atoms with Gasteiger partial charge in [0.1, 0.15) is 0 Å².